The van der Waals surface area contributed by atoms with Crippen molar-refractivity contribution in [3.05, 3.63) is 42.6 Å². The van der Waals surface area contributed by atoms with Gasteiger partial charge in [0.2, 0.25) is 0 Å². The molecule has 8 nitrogen and oxygen atoms in total. The van der Waals surface area contributed by atoms with E-state index in [0.717, 1.165) is 25.2 Å². The molecule has 4 heterocycles. The van der Waals surface area contributed by atoms with E-state index in [-0.39, 0.29) is 11.9 Å². The number of imidazole rings is 1. The number of hydrogen-bond donors (Lipinski definition) is 1. The van der Waals surface area contributed by atoms with Crippen molar-refractivity contribution in [3.63, 3.8) is 0 Å². The lowest BCUT2D eigenvalue weighted by atomic mass is 10.0. The second kappa shape index (κ2) is 7.55. The van der Waals surface area contributed by atoms with Crippen LogP contribution in [0, 0.1) is 11.7 Å². The Kier molecular flexibility index (Phi) is 4.72. The first-order chi connectivity index (χ1) is 14.6. The van der Waals surface area contributed by atoms with E-state index in [9.17, 15) is 14.3 Å². The number of piperidine rings is 1. The standard InChI is InChI=1S/C21H23FN6O2/c22-15-5-6-18-24-10-17(28(18)12-15)20-23-8-7-19(25-20)27(11-14-3-4-14)16-2-1-9-26(13-16)21(29)30/h5-8,10,12,14,16H,1-4,9,11,13H2,(H,29,30)/t16-/m1/s1. The summed E-state index contributed by atoms with van der Waals surface area (Å²) >= 11 is 0. The Bertz CT molecular complexity index is 1080. The molecule has 2 fully saturated rings. The zero-order chi connectivity index (χ0) is 20.7. The number of aromatic nitrogens is 4. The quantitative estimate of drug-likeness (QED) is 0.695. The Balaban J connectivity index is 1.49. The number of amides is 1. The molecule has 156 valence electrons. The normalized spacial score (nSPS) is 19.2. The number of nitrogens with zero attached hydrogens (tertiary/aromatic N) is 6. The topological polar surface area (TPSA) is 86.9 Å². The van der Waals surface area contributed by atoms with Gasteiger partial charge in [-0.1, -0.05) is 0 Å². The lowest BCUT2D eigenvalue weighted by Gasteiger charge is -2.39. The van der Waals surface area contributed by atoms with Crippen LogP contribution >= 0.6 is 0 Å². The van der Waals surface area contributed by atoms with Gasteiger partial charge in [-0.25, -0.2) is 24.1 Å². The maximum atomic E-state index is 13.8. The van der Waals surface area contributed by atoms with Crippen LogP contribution in [-0.2, 0) is 0 Å². The molecule has 0 unspecified atom stereocenters. The highest BCUT2D eigenvalue weighted by molar-refractivity contribution is 5.65. The maximum Gasteiger partial charge on any atom is 0.407 e. The third-order valence-corrected chi connectivity index (χ3v) is 5.89. The van der Waals surface area contributed by atoms with E-state index in [1.54, 1.807) is 22.9 Å². The number of carbonyl (C=O) groups is 1. The van der Waals surface area contributed by atoms with Crippen molar-refractivity contribution >= 4 is 17.6 Å². The van der Waals surface area contributed by atoms with Crippen molar-refractivity contribution < 1.29 is 14.3 Å². The molecule has 1 aliphatic carbocycles. The minimum Gasteiger partial charge on any atom is -0.465 e. The average molecular weight is 410 g/mol. The fourth-order valence-electron chi connectivity index (χ4n) is 4.14. The summed E-state index contributed by atoms with van der Waals surface area (Å²) in [6.07, 6.45) is 8.00. The van der Waals surface area contributed by atoms with Crippen molar-refractivity contribution in [3.8, 4) is 11.5 Å². The number of pyridine rings is 1. The lowest BCUT2D eigenvalue weighted by Crippen LogP contribution is -2.50. The summed E-state index contributed by atoms with van der Waals surface area (Å²) in [5, 5.41) is 9.44. The summed E-state index contributed by atoms with van der Waals surface area (Å²) in [5.41, 5.74) is 1.24. The molecule has 0 spiro atoms. The summed E-state index contributed by atoms with van der Waals surface area (Å²) < 4.78 is 15.4. The highest BCUT2D eigenvalue weighted by Gasteiger charge is 2.33. The van der Waals surface area contributed by atoms with Gasteiger partial charge in [0.1, 0.15) is 23.0 Å². The predicted octanol–water partition coefficient (Wildman–Crippen LogP) is 3.29. The van der Waals surface area contributed by atoms with Gasteiger partial charge in [0.25, 0.3) is 0 Å². The number of anilines is 1. The summed E-state index contributed by atoms with van der Waals surface area (Å²) in [6, 6.07) is 4.94. The molecule has 5 rings (SSSR count). The Hall–Kier alpha value is -3.23. The molecule has 1 atom stereocenters. The van der Waals surface area contributed by atoms with Crippen LogP contribution in [0.25, 0.3) is 17.2 Å². The number of rotatable bonds is 5. The molecule has 3 aromatic heterocycles. The molecule has 30 heavy (non-hydrogen) atoms. The molecule has 2 aliphatic rings. The third-order valence-electron chi connectivity index (χ3n) is 5.89. The van der Waals surface area contributed by atoms with Crippen molar-refractivity contribution in [2.45, 2.75) is 31.7 Å². The van der Waals surface area contributed by atoms with Crippen LogP contribution in [0.4, 0.5) is 15.0 Å². The first-order valence-corrected chi connectivity index (χ1v) is 10.3. The van der Waals surface area contributed by atoms with Crippen molar-refractivity contribution in [1.82, 2.24) is 24.3 Å². The number of carboxylic acid groups (broad SMARTS) is 1. The third kappa shape index (κ3) is 3.67. The van der Waals surface area contributed by atoms with Gasteiger partial charge in [-0.3, -0.25) is 4.40 Å². The van der Waals surface area contributed by atoms with Gasteiger partial charge in [0.05, 0.1) is 6.20 Å². The van der Waals surface area contributed by atoms with Gasteiger partial charge in [-0.2, -0.15) is 0 Å². The first-order valence-electron chi connectivity index (χ1n) is 10.3. The fraction of sp³-hybridized carbons (Fsp3) is 0.429. The molecule has 1 saturated carbocycles. The van der Waals surface area contributed by atoms with Crippen LogP contribution < -0.4 is 4.90 Å². The van der Waals surface area contributed by atoms with Crippen LogP contribution in [0.2, 0.25) is 0 Å². The Morgan fingerprint density at radius 1 is 1.23 bits per heavy atom. The van der Waals surface area contributed by atoms with E-state index in [2.05, 4.69) is 14.9 Å². The minimum atomic E-state index is -0.873. The molecule has 9 heteroatoms. The summed E-state index contributed by atoms with van der Waals surface area (Å²) in [4.78, 5) is 28.7. The van der Waals surface area contributed by atoms with E-state index in [4.69, 9.17) is 4.98 Å². The molecule has 1 saturated heterocycles. The molecule has 0 radical (unpaired) electrons. The van der Waals surface area contributed by atoms with E-state index >= 15 is 0 Å². The second-order valence-electron chi connectivity index (χ2n) is 8.08. The molecular formula is C21H23FN6O2. The van der Waals surface area contributed by atoms with Gasteiger partial charge in [-0.15, -0.1) is 0 Å². The van der Waals surface area contributed by atoms with Crippen molar-refractivity contribution in [2.75, 3.05) is 24.5 Å². The van der Waals surface area contributed by atoms with Crippen molar-refractivity contribution in [2.24, 2.45) is 5.92 Å². The Morgan fingerprint density at radius 2 is 2.10 bits per heavy atom. The average Bonchev–Trinajstić information content (AvgIpc) is 3.49. The zero-order valence-electron chi connectivity index (χ0n) is 16.5. The lowest BCUT2D eigenvalue weighted by molar-refractivity contribution is 0.129. The van der Waals surface area contributed by atoms with Crippen LogP contribution in [-0.4, -0.2) is 61.1 Å². The largest absolute Gasteiger partial charge is 0.465 e. The van der Waals surface area contributed by atoms with Crippen LogP contribution in [0.1, 0.15) is 25.7 Å². The summed E-state index contributed by atoms with van der Waals surface area (Å²) in [5.74, 6) is 1.51. The van der Waals surface area contributed by atoms with Gasteiger partial charge in [0.15, 0.2) is 5.82 Å². The molecule has 1 N–H and O–H groups in total. The molecule has 1 amide bonds. The van der Waals surface area contributed by atoms with Gasteiger partial charge >= 0.3 is 6.09 Å². The molecule has 3 aromatic rings. The van der Waals surface area contributed by atoms with E-state index < -0.39 is 6.09 Å². The van der Waals surface area contributed by atoms with E-state index in [1.807, 2.05) is 6.07 Å². The first kappa shape index (κ1) is 18.8. The zero-order valence-corrected chi connectivity index (χ0v) is 16.5. The Morgan fingerprint density at radius 3 is 2.90 bits per heavy atom. The molecule has 1 aliphatic heterocycles. The Labute approximate surface area is 173 Å². The van der Waals surface area contributed by atoms with E-state index in [0.29, 0.717) is 36.2 Å². The van der Waals surface area contributed by atoms with Crippen LogP contribution in [0.15, 0.2) is 36.8 Å². The van der Waals surface area contributed by atoms with Crippen LogP contribution in [0.3, 0.4) is 0 Å². The molecule has 0 bridgehead atoms. The maximum absolute atomic E-state index is 13.8. The highest BCUT2D eigenvalue weighted by atomic mass is 19.1. The van der Waals surface area contributed by atoms with Crippen LogP contribution in [0.5, 0.6) is 0 Å². The number of hydrogen-bond acceptors (Lipinski definition) is 5. The number of likely N-dealkylation sites (tertiary alicyclic amines) is 1. The van der Waals surface area contributed by atoms with Crippen molar-refractivity contribution in [1.29, 1.82) is 0 Å². The second-order valence-corrected chi connectivity index (χ2v) is 8.08. The number of halogens is 1. The number of fused-ring (bicyclic) bond motifs is 1. The van der Waals surface area contributed by atoms with E-state index in [1.165, 1.54) is 30.0 Å². The predicted molar refractivity (Wildman–Crippen MR) is 109 cm³/mol. The smallest absolute Gasteiger partial charge is 0.407 e. The fourth-order valence-corrected chi connectivity index (χ4v) is 4.14. The van der Waals surface area contributed by atoms with Gasteiger partial charge in [0, 0.05) is 38.1 Å². The van der Waals surface area contributed by atoms with Gasteiger partial charge in [-0.05, 0) is 49.8 Å². The monoisotopic (exact) mass is 410 g/mol. The molecular weight excluding hydrogens is 387 g/mol. The highest BCUT2D eigenvalue weighted by Crippen LogP contribution is 2.33. The SMILES string of the molecule is O=C(O)N1CCC[C@@H](N(CC2CC2)c2ccnc(-c3cnc4ccc(F)cn34)n2)C1. The molecule has 0 aromatic carbocycles. The minimum absolute atomic E-state index is 0.0813. The van der Waals surface area contributed by atoms with Gasteiger partial charge < -0.3 is 14.9 Å². The summed E-state index contributed by atoms with van der Waals surface area (Å²) in [7, 11) is 0. The summed E-state index contributed by atoms with van der Waals surface area (Å²) in [6.45, 7) is 1.91.